The van der Waals surface area contributed by atoms with Gasteiger partial charge < -0.3 is 4.74 Å². The van der Waals surface area contributed by atoms with Gasteiger partial charge in [-0.05, 0) is 35.7 Å². The van der Waals surface area contributed by atoms with Crippen LogP contribution in [0.1, 0.15) is 10.4 Å². The van der Waals surface area contributed by atoms with Gasteiger partial charge in [-0.1, -0.05) is 0 Å². The average Bonchev–Trinajstić information content (AvgIpc) is 3.12. The van der Waals surface area contributed by atoms with Crippen LogP contribution >= 0.6 is 11.3 Å². The molecule has 1 N–H and O–H groups in total. The smallest absolute Gasteiger partial charge is 0.337 e. The topological polar surface area (TPSA) is 107 Å². The van der Waals surface area contributed by atoms with Gasteiger partial charge in [0.15, 0.2) is 0 Å². The lowest BCUT2D eigenvalue weighted by molar-refractivity contribution is 0.0600. The minimum absolute atomic E-state index is 0.0179. The molecule has 3 aromatic rings. The number of carbonyl (C=O) groups excluding carboxylic acids is 1. The van der Waals surface area contributed by atoms with Crippen LogP contribution in [0.25, 0.3) is 10.2 Å². The minimum atomic E-state index is -3.76. The van der Waals surface area contributed by atoms with Crippen LogP contribution in [0, 0.1) is 0 Å². The Kier molecular flexibility index (Phi) is 5.16. The number of sulfonamides is 1. The second kappa shape index (κ2) is 7.36. The van der Waals surface area contributed by atoms with Gasteiger partial charge in [-0.15, -0.1) is 11.3 Å². The second-order valence-electron chi connectivity index (χ2n) is 5.29. The first-order valence-corrected chi connectivity index (χ1v) is 9.89. The molecule has 0 amide bonds. The Morgan fingerprint density at radius 2 is 2.00 bits per heavy atom. The molecule has 3 rings (SSSR count). The molecule has 0 aliphatic rings. The summed E-state index contributed by atoms with van der Waals surface area (Å²) in [5.41, 5.74) is 0.683. The Labute approximate surface area is 153 Å². The Balaban J connectivity index is 1.69. The standard InChI is InChI=1S/C16H15N3O5S2/c1-24-16(21)11-2-4-12(5-3-11)26(22,23)18-7-8-19-10-17-13-6-9-25-14(13)15(19)20/h2-6,9-10,18H,7-8H2,1H3. The maximum absolute atomic E-state index is 12.3. The number of rotatable bonds is 6. The van der Waals surface area contributed by atoms with Crippen molar-refractivity contribution in [1.29, 1.82) is 0 Å². The van der Waals surface area contributed by atoms with E-state index < -0.39 is 16.0 Å². The predicted octanol–water partition coefficient (Wildman–Crippen LogP) is 1.22. The van der Waals surface area contributed by atoms with Gasteiger partial charge in [-0.2, -0.15) is 0 Å². The molecule has 0 bridgehead atoms. The average molecular weight is 393 g/mol. The number of ether oxygens (including phenoxy) is 1. The molecule has 0 saturated heterocycles. The predicted molar refractivity (Wildman–Crippen MR) is 96.9 cm³/mol. The van der Waals surface area contributed by atoms with Crippen LogP contribution in [0.4, 0.5) is 0 Å². The number of fused-ring (bicyclic) bond motifs is 1. The van der Waals surface area contributed by atoms with Crippen LogP contribution in [0.3, 0.4) is 0 Å². The number of esters is 1. The molecule has 2 aromatic heterocycles. The molecule has 2 heterocycles. The maximum Gasteiger partial charge on any atom is 0.337 e. The highest BCUT2D eigenvalue weighted by Crippen LogP contribution is 2.13. The third-order valence-corrected chi connectivity index (χ3v) is 6.03. The molecule has 8 nitrogen and oxygen atoms in total. The van der Waals surface area contributed by atoms with E-state index in [-0.39, 0.29) is 29.1 Å². The van der Waals surface area contributed by atoms with Crippen molar-refractivity contribution in [3.8, 4) is 0 Å². The maximum atomic E-state index is 12.3. The first kappa shape index (κ1) is 18.2. The quantitative estimate of drug-likeness (QED) is 0.631. The zero-order chi connectivity index (χ0) is 18.7. The zero-order valence-electron chi connectivity index (χ0n) is 13.7. The molecule has 0 unspecified atom stereocenters. The van der Waals surface area contributed by atoms with Crippen molar-refractivity contribution in [2.45, 2.75) is 11.4 Å². The summed E-state index contributed by atoms with van der Waals surface area (Å²) in [6.07, 6.45) is 1.40. The van der Waals surface area contributed by atoms with Crippen LogP contribution in [0.5, 0.6) is 0 Å². The summed E-state index contributed by atoms with van der Waals surface area (Å²) in [5, 5.41) is 1.78. The normalized spacial score (nSPS) is 11.6. The number of carbonyl (C=O) groups is 1. The first-order chi connectivity index (χ1) is 12.4. The Hall–Kier alpha value is -2.56. The Bertz CT molecular complexity index is 1100. The Morgan fingerprint density at radius 3 is 2.69 bits per heavy atom. The molecule has 10 heteroatoms. The summed E-state index contributed by atoms with van der Waals surface area (Å²) in [6, 6.07) is 7.14. The van der Waals surface area contributed by atoms with E-state index >= 15 is 0 Å². The lowest BCUT2D eigenvalue weighted by Crippen LogP contribution is -2.30. The monoisotopic (exact) mass is 393 g/mol. The minimum Gasteiger partial charge on any atom is -0.465 e. The van der Waals surface area contributed by atoms with E-state index in [1.54, 1.807) is 11.4 Å². The third kappa shape index (κ3) is 3.66. The van der Waals surface area contributed by atoms with Crippen LogP contribution < -0.4 is 10.3 Å². The lowest BCUT2D eigenvalue weighted by atomic mass is 10.2. The van der Waals surface area contributed by atoms with Crippen molar-refractivity contribution in [3.63, 3.8) is 0 Å². The fraction of sp³-hybridized carbons (Fsp3) is 0.188. The number of hydrogen-bond donors (Lipinski definition) is 1. The van der Waals surface area contributed by atoms with Gasteiger partial charge >= 0.3 is 5.97 Å². The van der Waals surface area contributed by atoms with E-state index in [9.17, 15) is 18.0 Å². The molecule has 0 radical (unpaired) electrons. The van der Waals surface area contributed by atoms with Crippen molar-refractivity contribution in [3.05, 3.63) is 58.0 Å². The SMILES string of the molecule is COC(=O)c1ccc(S(=O)(=O)NCCn2cnc3ccsc3c2=O)cc1. The number of methoxy groups -OCH3 is 1. The van der Waals surface area contributed by atoms with E-state index in [1.165, 1.54) is 53.6 Å². The molecule has 0 fully saturated rings. The van der Waals surface area contributed by atoms with Crippen LogP contribution in [0.15, 0.2) is 51.7 Å². The highest BCUT2D eigenvalue weighted by Gasteiger charge is 2.15. The van der Waals surface area contributed by atoms with E-state index in [4.69, 9.17) is 0 Å². The van der Waals surface area contributed by atoms with Gasteiger partial charge in [0.2, 0.25) is 10.0 Å². The summed E-state index contributed by atoms with van der Waals surface area (Å²) in [4.78, 5) is 27.8. The summed E-state index contributed by atoms with van der Waals surface area (Å²) in [5.74, 6) is -0.544. The van der Waals surface area contributed by atoms with E-state index in [1.807, 2.05) is 0 Å². The highest BCUT2D eigenvalue weighted by atomic mass is 32.2. The van der Waals surface area contributed by atoms with E-state index in [2.05, 4.69) is 14.4 Å². The number of aromatic nitrogens is 2. The van der Waals surface area contributed by atoms with Gasteiger partial charge in [0.1, 0.15) is 4.70 Å². The van der Waals surface area contributed by atoms with Crippen molar-refractivity contribution in [2.75, 3.05) is 13.7 Å². The number of hydrogen-bond acceptors (Lipinski definition) is 7. The van der Waals surface area contributed by atoms with Crippen molar-refractivity contribution >= 4 is 37.5 Å². The Morgan fingerprint density at radius 1 is 1.27 bits per heavy atom. The third-order valence-electron chi connectivity index (χ3n) is 3.67. The van der Waals surface area contributed by atoms with Crippen LogP contribution in [0.2, 0.25) is 0 Å². The lowest BCUT2D eigenvalue weighted by Gasteiger charge is -2.09. The van der Waals surface area contributed by atoms with Crippen LogP contribution in [-0.2, 0) is 21.3 Å². The van der Waals surface area contributed by atoms with Crippen molar-refractivity contribution < 1.29 is 17.9 Å². The number of benzene rings is 1. The number of nitrogens with zero attached hydrogens (tertiary/aromatic N) is 2. The first-order valence-electron chi connectivity index (χ1n) is 7.53. The molecular weight excluding hydrogens is 378 g/mol. The summed E-state index contributed by atoms with van der Waals surface area (Å²) >= 11 is 1.30. The molecule has 0 atom stereocenters. The molecule has 136 valence electrons. The molecule has 0 aliphatic carbocycles. The molecule has 0 aliphatic heterocycles. The molecule has 26 heavy (non-hydrogen) atoms. The number of thiophene rings is 1. The van der Waals surface area contributed by atoms with Crippen molar-refractivity contribution in [2.24, 2.45) is 0 Å². The van der Waals surface area contributed by atoms with Gasteiger partial charge in [0.05, 0.1) is 29.4 Å². The summed E-state index contributed by atoms with van der Waals surface area (Å²) in [6.45, 7) is 0.179. The fourth-order valence-electron chi connectivity index (χ4n) is 2.31. The van der Waals surface area contributed by atoms with Gasteiger partial charge in [0, 0.05) is 13.1 Å². The van der Waals surface area contributed by atoms with E-state index in [0.717, 1.165) is 0 Å². The van der Waals surface area contributed by atoms with Crippen LogP contribution in [-0.4, -0.2) is 37.6 Å². The summed E-state index contributed by atoms with van der Waals surface area (Å²) < 4.78 is 33.5. The molecular formula is C16H15N3O5S2. The van der Waals surface area contributed by atoms with Crippen molar-refractivity contribution in [1.82, 2.24) is 14.3 Å². The van der Waals surface area contributed by atoms with Gasteiger partial charge in [-0.3, -0.25) is 9.36 Å². The largest absolute Gasteiger partial charge is 0.465 e. The van der Waals surface area contributed by atoms with Gasteiger partial charge in [-0.25, -0.2) is 22.9 Å². The second-order valence-corrected chi connectivity index (χ2v) is 7.97. The highest BCUT2D eigenvalue weighted by molar-refractivity contribution is 7.89. The fourth-order valence-corrected chi connectivity index (χ4v) is 4.12. The summed E-state index contributed by atoms with van der Waals surface area (Å²) in [7, 11) is -2.51. The zero-order valence-corrected chi connectivity index (χ0v) is 15.3. The molecule has 1 aromatic carbocycles. The van der Waals surface area contributed by atoms with Gasteiger partial charge in [0.25, 0.3) is 5.56 Å². The number of nitrogens with one attached hydrogen (secondary N) is 1. The van der Waals surface area contributed by atoms with E-state index in [0.29, 0.717) is 10.2 Å². The molecule has 0 spiro atoms. The molecule has 0 saturated carbocycles.